The van der Waals surface area contributed by atoms with E-state index in [1.807, 2.05) is 6.92 Å². The Morgan fingerprint density at radius 2 is 2.11 bits per heavy atom. The molecule has 0 bridgehead atoms. The average Bonchev–Trinajstić information content (AvgIpc) is 2.41. The topological polar surface area (TPSA) is 46.9 Å². The van der Waals surface area contributed by atoms with Gasteiger partial charge in [-0.05, 0) is 18.7 Å². The van der Waals surface area contributed by atoms with Gasteiger partial charge in [0.15, 0.2) is 0 Å². The lowest BCUT2D eigenvalue weighted by Gasteiger charge is -2.19. The van der Waals surface area contributed by atoms with Gasteiger partial charge in [0, 0.05) is 17.8 Å². The molecule has 2 aromatic rings. The molecule has 0 fully saturated rings. The first-order valence-corrected chi connectivity index (χ1v) is 6.22. The molecule has 0 aliphatic carbocycles. The third-order valence-electron chi connectivity index (χ3n) is 2.87. The number of benzene rings is 1. The molecule has 0 amide bonds. The summed E-state index contributed by atoms with van der Waals surface area (Å²) >= 11 is 0. The Morgan fingerprint density at radius 1 is 1.32 bits per heavy atom. The summed E-state index contributed by atoms with van der Waals surface area (Å²) in [5, 5.41) is 7.17. The summed E-state index contributed by atoms with van der Waals surface area (Å²) < 4.78 is 15.2. The summed E-state index contributed by atoms with van der Waals surface area (Å²) in [5.74, 6) is -0.280. The zero-order chi connectivity index (χ0) is 13.7. The normalized spacial score (nSPS) is 12.3. The van der Waals surface area contributed by atoms with E-state index in [1.54, 1.807) is 30.5 Å². The van der Waals surface area contributed by atoms with Crippen molar-refractivity contribution in [3.63, 3.8) is 0 Å². The Hall–Kier alpha value is -2.01. The van der Waals surface area contributed by atoms with Gasteiger partial charge in [0.2, 0.25) is 0 Å². The first kappa shape index (κ1) is 13.4. The van der Waals surface area contributed by atoms with Crippen molar-refractivity contribution in [1.82, 2.24) is 15.1 Å². The van der Waals surface area contributed by atoms with Crippen LogP contribution in [0.2, 0.25) is 0 Å². The van der Waals surface area contributed by atoms with E-state index >= 15 is 0 Å². The molecule has 5 heteroatoms. The average molecular weight is 261 g/mol. The highest BCUT2D eigenvalue weighted by molar-refractivity contribution is 5.21. The number of nitrogens with zero attached hydrogens (tertiary/aromatic N) is 2. The van der Waals surface area contributed by atoms with E-state index in [0.29, 0.717) is 18.7 Å². The molecule has 1 atom stereocenters. The molecule has 19 heavy (non-hydrogen) atoms. The molecule has 100 valence electrons. The third-order valence-corrected chi connectivity index (χ3v) is 2.87. The van der Waals surface area contributed by atoms with Crippen molar-refractivity contribution in [2.24, 2.45) is 0 Å². The van der Waals surface area contributed by atoms with Crippen LogP contribution in [0.4, 0.5) is 4.39 Å². The lowest BCUT2D eigenvalue weighted by atomic mass is 10.1. The number of aromatic nitrogens is 2. The number of hydrogen-bond acceptors (Lipinski definition) is 3. The SMILES string of the molecule is CCNC(Cn1ncccc1=O)c1ccccc1F. The fourth-order valence-corrected chi connectivity index (χ4v) is 1.97. The second-order valence-electron chi connectivity index (χ2n) is 4.18. The molecular formula is C14H16FN3O. The van der Waals surface area contributed by atoms with Crippen LogP contribution >= 0.6 is 0 Å². The smallest absolute Gasteiger partial charge is 0.266 e. The largest absolute Gasteiger partial charge is 0.309 e. The quantitative estimate of drug-likeness (QED) is 0.891. The molecule has 0 aliphatic rings. The Kier molecular flexibility index (Phi) is 4.41. The third kappa shape index (κ3) is 3.26. The van der Waals surface area contributed by atoms with Crippen LogP contribution in [0.25, 0.3) is 0 Å². The maximum absolute atomic E-state index is 13.8. The molecule has 0 saturated heterocycles. The van der Waals surface area contributed by atoms with Crippen molar-refractivity contribution in [3.05, 3.63) is 64.3 Å². The predicted molar refractivity (Wildman–Crippen MR) is 71.3 cm³/mol. The maximum atomic E-state index is 13.8. The fraction of sp³-hybridized carbons (Fsp3) is 0.286. The van der Waals surface area contributed by atoms with Crippen LogP contribution in [0.5, 0.6) is 0 Å². The van der Waals surface area contributed by atoms with Crippen molar-refractivity contribution in [1.29, 1.82) is 0 Å². The van der Waals surface area contributed by atoms with E-state index in [0.717, 1.165) is 0 Å². The van der Waals surface area contributed by atoms with E-state index in [2.05, 4.69) is 10.4 Å². The second-order valence-corrected chi connectivity index (χ2v) is 4.18. The number of likely N-dealkylation sites (N-methyl/N-ethyl adjacent to an activating group) is 1. The Bertz CT molecular complexity index is 597. The van der Waals surface area contributed by atoms with Crippen molar-refractivity contribution in [2.45, 2.75) is 19.5 Å². The standard InChI is InChI=1S/C14H16FN3O/c1-2-16-13(11-6-3-4-7-12(11)15)10-18-14(19)8-5-9-17-18/h3-9,13,16H,2,10H2,1H3. The number of hydrogen-bond donors (Lipinski definition) is 1. The van der Waals surface area contributed by atoms with Gasteiger partial charge in [-0.2, -0.15) is 5.10 Å². The number of nitrogens with one attached hydrogen (secondary N) is 1. The molecule has 0 radical (unpaired) electrons. The van der Waals surface area contributed by atoms with Gasteiger partial charge in [-0.25, -0.2) is 9.07 Å². The van der Waals surface area contributed by atoms with Gasteiger partial charge in [-0.1, -0.05) is 25.1 Å². The molecule has 4 nitrogen and oxygen atoms in total. The van der Waals surface area contributed by atoms with Crippen LogP contribution in [0, 0.1) is 5.82 Å². The van der Waals surface area contributed by atoms with Crippen LogP contribution in [0.3, 0.4) is 0 Å². The monoisotopic (exact) mass is 261 g/mol. The van der Waals surface area contributed by atoms with E-state index in [-0.39, 0.29) is 17.4 Å². The lowest BCUT2D eigenvalue weighted by Crippen LogP contribution is -2.31. The summed E-state index contributed by atoms with van der Waals surface area (Å²) in [6.07, 6.45) is 1.55. The fourth-order valence-electron chi connectivity index (χ4n) is 1.97. The van der Waals surface area contributed by atoms with Crippen LogP contribution in [0.1, 0.15) is 18.5 Å². The summed E-state index contributed by atoms with van der Waals surface area (Å²) in [6.45, 7) is 2.92. The van der Waals surface area contributed by atoms with Crippen LogP contribution < -0.4 is 10.9 Å². The van der Waals surface area contributed by atoms with E-state index in [1.165, 1.54) is 16.8 Å². The molecule has 0 aliphatic heterocycles. The van der Waals surface area contributed by atoms with E-state index in [4.69, 9.17) is 0 Å². The molecular weight excluding hydrogens is 245 g/mol. The second kappa shape index (κ2) is 6.24. The van der Waals surface area contributed by atoms with Crippen LogP contribution in [-0.2, 0) is 6.54 Å². The summed E-state index contributed by atoms with van der Waals surface area (Å²) in [5.41, 5.74) is 0.351. The molecule has 0 spiro atoms. The first-order chi connectivity index (χ1) is 9.22. The highest BCUT2D eigenvalue weighted by Gasteiger charge is 2.15. The van der Waals surface area contributed by atoms with Gasteiger partial charge in [0.1, 0.15) is 5.82 Å². The van der Waals surface area contributed by atoms with Crippen molar-refractivity contribution in [3.8, 4) is 0 Å². The van der Waals surface area contributed by atoms with Crippen molar-refractivity contribution in [2.75, 3.05) is 6.54 Å². The lowest BCUT2D eigenvalue weighted by molar-refractivity contribution is 0.420. The van der Waals surface area contributed by atoms with Crippen molar-refractivity contribution < 1.29 is 4.39 Å². The number of halogens is 1. The van der Waals surface area contributed by atoms with Crippen LogP contribution in [0.15, 0.2) is 47.4 Å². The minimum absolute atomic E-state index is 0.193. The summed E-state index contributed by atoms with van der Waals surface area (Å²) in [4.78, 5) is 11.7. The predicted octanol–water partition coefficient (Wildman–Crippen LogP) is 1.73. The summed E-state index contributed by atoms with van der Waals surface area (Å²) in [6, 6.07) is 9.32. The van der Waals surface area contributed by atoms with Crippen LogP contribution in [-0.4, -0.2) is 16.3 Å². The van der Waals surface area contributed by atoms with Crippen molar-refractivity contribution >= 4 is 0 Å². The molecule has 1 aromatic carbocycles. The van der Waals surface area contributed by atoms with E-state index in [9.17, 15) is 9.18 Å². The Labute approximate surface area is 110 Å². The minimum atomic E-state index is -0.280. The Balaban J connectivity index is 2.29. The molecule has 1 heterocycles. The molecule has 1 aromatic heterocycles. The minimum Gasteiger partial charge on any atom is -0.309 e. The van der Waals surface area contributed by atoms with Gasteiger partial charge in [-0.3, -0.25) is 4.79 Å². The maximum Gasteiger partial charge on any atom is 0.266 e. The first-order valence-electron chi connectivity index (χ1n) is 6.22. The zero-order valence-electron chi connectivity index (χ0n) is 10.7. The van der Waals surface area contributed by atoms with Gasteiger partial charge < -0.3 is 5.32 Å². The van der Waals surface area contributed by atoms with Gasteiger partial charge >= 0.3 is 0 Å². The van der Waals surface area contributed by atoms with E-state index < -0.39 is 0 Å². The van der Waals surface area contributed by atoms with Gasteiger partial charge in [0.05, 0.1) is 12.6 Å². The number of rotatable bonds is 5. The molecule has 1 unspecified atom stereocenters. The highest BCUT2D eigenvalue weighted by atomic mass is 19.1. The molecule has 1 N–H and O–H groups in total. The Morgan fingerprint density at radius 3 is 2.79 bits per heavy atom. The van der Waals surface area contributed by atoms with Gasteiger partial charge in [-0.15, -0.1) is 0 Å². The molecule has 0 saturated carbocycles. The summed E-state index contributed by atoms with van der Waals surface area (Å²) in [7, 11) is 0. The zero-order valence-corrected chi connectivity index (χ0v) is 10.7. The molecule has 2 rings (SSSR count). The highest BCUT2D eigenvalue weighted by Crippen LogP contribution is 2.17. The van der Waals surface area contributed by atoms with Gasteiger partial charge in [0.25, 0.3) is 5.56 Å².